The van der Waals surface area contributed by atoms with Crippen LogP contribution in [0.15, 0.2) is 43.8 Å². The molecule has 11 nitrogen and oxygen atoms in total. The molecule has 2 aliphatic rings. The van der Waals surface area contributed by atoms with Crippen molar-refractivity contribution in [3.63, 3.8) is 0 Å². The van der Waals surface area contributed by atoms with Crippen molar-refractivity contribution < 1.29 is 9.90 Å². The number of anilines is 2. The molecule has 0 radical (unpaired) electrons. The molecule has 0 saturated carbocycles. The minimum atomic E-state index is -0.906. The van der Waals surface area contributed by atoms with Crippen molar-refractivity contribution in [3.05, 3.63) is 56.2 Å². The van der Waals surface area contributed by atoms with Crippen molar-refractivity contribution in [3.8, 4) is 0 Å². The van der Waals surface area contributed by atoms with Gasteiger partial charge in [-0.15, -0.1) is 0 Å². The molecule has 3 heterocycles. The van der Waals surface area contributed by atoms with Crippen LogP contribution in [-0.2, 0) is 17.8 Å². The fourth-order valence-corrected chi connectivity index (χ4v) is 5.00. The number of aromatic nitrogens is 2. The van der Waals surface area contributed by atoms with Crippen LogP contribution in [0.3, 0.4) is 0 Å². The first-order chi connectivity index (χ1) is 18.7. The summed E-state index contributed by atoms with van der Waals surface area (Å²) in [7, 11) is 0. The maximum atomic E-state index is 12.7. The molecular formula is C28H39N7O4. The number of unbranched alkanes of at least 4 members (excludes halogenated alkanes) is 1. The zero-order valence-corrected chi connectivity index (χ0v) is 23.1. The van der Waals surface area contributed by atoms with Crippen LogP contribution in [0.1, 0.15) is 50.7 Å². The molecule has 1 saturated heterocycles. The first kappa shape index (κ1) is 28.3. The Bertz CT molecular complexity index is 1320. The Labute approximate surface area is 228 Å². The van der Waals surface area contributed by atoms with Crippen LogP contribution in [0.25, 0.3) is 0 Å². The van der Waals surface area contributed by atoms with E-state index in [0.29, 0.717) is 37.6 Å². The fourth-order valence-electron chi connectivity index (χ4n) is 5.00. The summed E-state index contributed by atoms with van der Waals surface area (Å²) in [6.07, 6.45) is 3.60. The molecular weight excluding hydrogens is 498 g/mol. The third-order valence-corrected chi connectivity index (χ3v) is 7.42. The van der Waals surface area contributed by atoms with Crippen LogP contribution in [0.4, 0.5) is 11.5 Å². The lowest BCUT2D eigenvalue weighted by molar-refractivity contribution is -0.138. The molecule has 3 N–H and O–H groups in total. The van der Waals surface area contributed by atoms with Crippen molar-refractivity contribution in [2.45, 2.75) is 65.5 Å². The molecule has 39 heavy (non-hydrogen) atoms. The van der Waals surface area contributed by atoms with Gasteiger partial charge < -0.3 is 15.3 Å². The van der Waals surface area contributed by atoms with Crippen LogP contribution in [0.2, 0.25) is 0 Å². The van der Waals surface area contributed by atoms with Crippen molar-refractivity contribution in [2.75, 3.05) is 38.0 Å². The number of carboxylic acids is 1. The molecule has 0 spiro atoms. The Morgan fingerprint density at radius 2 is 1.85 bits per heavy atom. The van der Waals surface area contributed by atoms with Gasteiger partial charge in [-0.3, -0.25) is 19.2 Å². The monoisotopic (exact) mass is 537 g/mol. The number of hydrogen-bond acceptors (Lipinski definition) is 8. The lowest BCUT2D eigenvalue weighted by atomic mass is 10.1. The number of piperazine rings is 1. The second-order valence-electron chi connectivity index (χ2n) is 10.3. The average molecular weight is 538 g/mol. The van der Waals surface area contributed by atoms with E-state index in [1.807, 2.05) is 25.1 Å². The quantitative estimate of drug-likeness (QED) is 0.419. The Balaban J connectivity index is 1.25. The second kappa shape index (κ2) is 12.9. The normalized spacial score (nSPS) is 18.3. The van der Waals surface area contributed by atoms with Gasteiger partial charge in [-0.2, -0.15) is 0 Å². The molecule has 1 unspecified atom stereocenters. The molecule has 0 bridgehead atoms. The van der Waals surface area contributed by atoms with Crippen LogP contribution in [0, 0.1) is 6.92 Å². The molecule has 1 fully saturated rings. The molecule has 1 atom stereocenters. The molecule has 0 amide bonds. The van der Waals surface area contributed by atoms with Crippen LogP contribution < -0.4 is 16.6 Å². The van der Waals surface area contributed by atoms with Crippen molar-refractivity contribution in [2.24, 2.45) is 9.98 Å². The Morgan fingerprint density at radius 1 is 1.10 bits per heavy atom. The summed E-state index contributed by atoms with van der Waals surface area (Å²) < 4.78 is 1.25. The van der Waals surface area contributed by atoms with E-state index < -0.39 is 17.7 Å². The maximum absolute atomic E-state index is 12.7. The zero-order chi connectivity index (χ0) is 27.9. The minimum Gasteiger partial charge on any atom is -0.480 e. The van der Waals surface area contributed by atoms with E-state index in [2.05, 4.69) is 43.9 Å². The van der Waals surface area contributed by atoms with Gasteiger partial charge in [0.25, 0.3) is 5.56 Å². The lowest BCUT2D eigenvalue weighted by Crippen LogP contribution is -2.48. The third-order valence-electron chi connectivity index (χ3n) is 7.42. The maximum Gasteiger partial charge on any atom is 0.329 e. The topological polar surface area (TPSA) is 135 Å². The van der Waals surface area contributed by atoms with Gasteiger partial charge in [0.05, 0.1) is 0 Å². The van der Waals surface area contributed by atoms with Crippen LogP contribution in [0.5, 0.6) is 0 Å². The highest BCUT2D eigenvalue weighted by Gasteiger charge is 2.25. The number of aryl methyl sites for hydroxylation is 2. The number of H-pyrrole nitrogens is 1. The summed E-state index contributed by atoms with van der Waals surface area (Å²) in [5.74, 6) is 0.0102. The standard InChI is InChI=1S/C28H39N7O4/c1-4-21-17-22(9-7-19(21)2)30-24-18-25(36)35(28(39)32-24)12-6-5-11-33-13-15-34(16-14-33)27-29-20(3)8-10-23(31-27)26(37)38/h7,9,17-18,23,30H,4-6,8,10-16H2,1-3H3,(H,32,39)(H,37,38). The smallest absolute Gasteiger partial charge is 0.329 e. The largest absolute Gasteiger partial charge is 0.480 e. The summed E-state index contributed by atoms with van der Waals surface area (Å²) >= 11 is 0. The van der Waals surface area contributed by atoms with Gasteiger partial charge in [0.15, 0.2) is 6.04 Å². The Morgan fingerprint density at radius 3 is 2.54 bits per heavy atom. The van der Waals surface area contributed by atoms with Gasteiger partial charge in [0.1, 0.15) is 5.82 Å². The van der Waals surface area contributed by atoms with E-state index in [9.17, 15) is 19.5 Å². The number of hydrogen-bond donors (Lipinski definition) is 3. The predicted octanol–water partition coefficient (Wildman–Crippen LogP) is 2.61. The summed E-state index contributed by atoms with van der Waals surface area (Å²) in [5.41, 5.74) is 3.43. The molecule has 1 aromatic heterocycles. The van der Waals surface area contributed by atoms with E-state index in [1.165, 1.54) is 21.8 Å². The second-order valence-corrected chi connectivity index (χ2v) is 10.3. The number of rotatable bonds is 9. The SMILES string of the molecule is CCc1cc(Nc2cc(=O)n(CCCCN3CCN(C4=NC(C(=O)O)CCC(C)=N4)CC3)c(=O)[nH]2)ccc1C. The summed E-state index contributed by atoms with van der Waals surface area (Å²) in [6, 6.07) is 6.68. The zero-order valence-electron chi connectivity index (χ0n) is 23.1. The molecule has 1 aromatic carbocycles. The van der Waals surface area contributed by atoms with Gasteiger partial charge in [0.2, 0.25) is 5.96 Å². The van der Waals surface area contributed by atoms with E-state index in [0.717, 1.165) is 57.0 Å². The van der Waals surface area contributed by atoms with Gasteiger partial charge in [-0.1, -0.05) is 13.0 Å². The molecule has 2 aromatic rings. The summed E-state index contributed by atoms with van der Waals surface area (Å²) in [4.78, 5) is 52.9. The highest BCUT2D eigenvalue weighted by atomic mass is 16.4. The highest BCUT2D eigenvalue weighted by Crippen LogP contribution is 2.18. The molecule has 4 rings (SSSR count). The van der Waals surface area contributed by atoms with Gasteiger partial charge >= 0.3 is 11.7 Å². The van der Waals surface area contributed by atoms with Gasteiger partial charge in [-0.25, -0.2) is 19.6 Å². The molecule has 210 valence electrons. The lowest BCUT2D eigenvalue weighted by Gasteiger charge is -2.35. The van der Waals surface area contributed by atoms with Gasteiger partial charge in [0, 0.05) is 50.2 Å². The summed E-state index contributed by atoms with van der Waals surface area (Å²) in [5, 5.41) is 12.6. The Hall–Kier alpha value is -3.73. The number of carboxylic acid groups (broad SMARTS) is 1. The van der Waals surface area contributed by atoms with E-state index in [-0.39, 0.29) is 5.56 Å². The number of guanidine groups is 1. The number of carbonyl (C=O) groups is 1. The summed E-state index contributed by atoms with van der Waals surface area (Å²) in [6.45, 7) is 10.4. The van der Waals surface area contributed by atoms with Crippen LogP contribution >= 0.6 is 0 Å². The molecule has 2 aliphatic heterocycles. The number of benzene rings is 1. The van der Waals surface area contributed by atoms with E-state index in [1.54, 1.807) is 0 Å². The van der Waals surface area contributed by atoms with Crippen molar-refractivity contribution >= 4 is 29.1 Å². The first-order valence-corrected chi connectivity index (χ1v) is 13.8. The van der Waals surface area contributed by atoms with Gasteiger partial charge in [-0.05, 0) is 75.8 Å². The van der Waals surface area contributed by atoms with E-state index in [4.69, 9.17) is 0 Å². The number of aromatic amines is 1. The number of nitrogens with zero attached hydrogens (tertiary/aromatic N) is 5. The van der Waals surface area contributed by atoms with Crippen LogP contribution in [-0.4, -0.2) is 80.9 Å². The van der Waals surface area contributed by atoms with E-state index >= 15 is 0 Å². The van der Waals surface area contributed by atoms with Crippen molar-refractivity contribution in [1.29, 1.82) is 0 Å². The third kappa shape index (κ3) is 7.44. The minimum absolute atomic E-state index is 0.322. The van der Waals surface area contributed by atoms with Crippen molar-refractivity contribution in [1.82, 2.24) is 19.4 Å². The fraction of sp³-hybridized carbons (Fsp3) is 0.536. The number of aliphatic carboxylic acids is 1. The highest BCUT2D eigenvalue weighted by molar-refractivity contribution is 5.98. The first-order valence-electron chi connectivity index (χ1n) is 13.8. The Kier molecular flexibility index (Phi) is 9.34. The number of nitrogens with one attached hydrogen (secondary N) is 2. The predicted molar refractivity (Wildman–Crippen MR) is 154 cm³/mol. The molecule has 0 aliphatic carbocycles. The average Bonchev–Trinajstić information content (AvgIpc) is 3.11. The molecule has 11 heteroatoms. The number of aliphatic imine (C=N–C) groups is 2.